The molecule has 32 heavy (non-hydrogen) atoms. The largest absolute Gasteiger partial charge is 0.489 e. The highest BCUT2D eigenvalue weighted by molar-refractivity contribution is 6.31. The van der Waals surface area contributed by atoms with Crippen molar-refractivity contribution in [2.24, 2.45) is 0 Å². The molecule has 4 rings (SSSR count). The highest BCUT2D eigenvalue weighted by Crippen LogP contribution is 2.25. The molecule has 6 heteroatoms. The molecule has 1 saturated heterocycles. The molecule has 0 spiro atoms. The van der Waals surface area contributed by atoms with E-state index in [9.17, 15) is 4.79 Å². The number of amides is 1. The molecule has 3 aromatic rings. The number of pyridine rings is 1. The molecular weight excluding hydrogens is 422 g/mol. The lowest BCUT2D eigenvalue weighted by atomic mass is 10.1. The fraction of sp³-hybridized carbons (Fsp3) is 0.308. The lowest BCUT2D eigenvalue weighted by molar-refractivity contribution is 0.0992. The molecule has 5 nitrogen and oxygen atoms in total. The number of carbonyl (C=O) groups is 1. The summed E-state index contributed by atoms with van der Waals surface area (Å²) >= 11 is 6.27. The van der Waals surface area contributed by atoms with Crippen LogP contribution in [0.5, 0.6) is 5.75 Å². The van der Waals surface area contributed by atoms with Gasteiger partial charge in [-0.2, -0.15) is 0 Å². The molecule has 1 aromatic heterocycles. The van der Waals surface area contributed by atoms with Gasteiger partial charge in [0.2, 0.25) is 0 Å². The first kappa shape index (κ1) is 22.3. The summed E-state index contributed by atoms with van der Waals surface area (Å²) in [6, 6.07) is 17.1. The minimum Gasteiger partial charge on any atom is -0.489 e. The second-order valence-corrected chi connectivity index (χ2v) is 8.63. The van der Waals surface area contributed by atoms with Crippen LogP contribution in [-0.2, 0) is 13.2 Å². The predicted molar refractivity (Wildman–Crippen MR) is 128 cm³/mol. The SMILES string of the molecule is CN(C(=O)c1cc(Cl)cc(OCc2cccnc2)c1)c1ccc(CN2CCCCC2)cc1. The highest BCUT2D eigenvalue weighted by Gasteiger charge is 2.16. The lowest BCUT2D eigenvalue weighted by Crippen LogP contribution is -2.29. The number of likely N-dealkylation sites (tertiary alicyclic amines) is 1. The van der Waals surface area contributed by atoms with Crippen molar-refractivity contribution in [1.29, 1.82) is 0 Å². The number of hydrogen-bond acceptors (Lipinski definition) is 4. The van der Waals surface area contributed by atoms with Crippen LogP contribution in [0.3, 0.4) is 0 Å². The Hall–Kier alpha value is -2.89. The molecule has 1 aliphatic rings. The summed E-state index contributed by atoms with van der Waals surface area (Å²) < 4.78 is 5.84. The van der Waals surface area contributed by atoms with Crippen molar-refractivity contribution >= 4 is 23.2 Å². The van der Waals surface area contributed by atoms with Crippen LogP contribution in [0.25, 0.3) is 0 Å². The van der Waals surface area contributed by atoms with Crippen LogP contribution in [0, 0.1) is 0 Å². The van der Waals surface area contributed by atoms with E-state index in [2.05, 4.69) is 22.0 Å². The maximum absolute atomic E-state index is 13.1. The lowest BCUT2D eigenvalue weighted by Gasteiger charge is -2.26. The third kappa shape index (κ3) is 5.87. The van der Waals surface area contributed by atoms with Gasteiger partial charge < -0.3 is 9.64 Å². The number of anilines is 1. The molecule has 0 atom stereocenters. The fourth-order valence-corrected chi connectivity index (χ4v) is 4.16. The Labute approximate surface area is 194 Å². The molecule has 166 valence electrons. The van der Waals surface area contributed by atoms with E-state index in [-0.39, 0.29) is 5.91 Å². The first-order valence-electron chi connectivity index (χ1n) is 11.0. The highest BCUT2D eigenvalue weighted by atomic mass is 35.5. The van der Waals surface area contributed by atoms with Gasteiger partial charge in [0.15, 0.2) is 0 Å². The number of aromatic nitrogens is 1. The van der Waals surface area contributed by atoms with Gasteiger partial charge in [0.05, 0.1) is 0 Å². The van der Waals surface area contributed by atoms with Gasteiger partial charge >= 0.3 is 0 Å². The Morgan fingerprint density at radius 1 is 1.06 bits per heavy atom. The summed E-state index contributed by atoms with van der Waals surface area (Å²) in [6.07, 6.45) is 7.36. The van der Waals surface area contributed by atoms with E-state index < -0.39 is 0 Å². The average Bonchev–Trinajstić information content (AvgIpc) is 2.83. The van der Waals surface area contributed by atoms with Gasteiger partial charge in [0.1, 0.15) is 12.4 Å². The molecule has 0 unspecified atom stereocenters. The summed E-state index contributed by atoms with van der Waals surface area (Å²) in [5, 5.41) is 0.460. The number of benzene rings is 2. The number of rotatable bonds is 7. The summed E-state index contributed by atoms with van der Waals surface area (Å²) in [6.45, 7) is 3.65. The van der Waals surface area contributed by atoms with Crippen molar-refractivity contribution < 1.29 is 9.53 Å². The average molecular weight is 450 g/mol. The Balaban J connectivity index is 1.42. The van der Waals surface area contributed by atoms with Crippen LogP contribution in [-0.4, -0.2) is 35.9 Å². The molecule has 1 aliphatic heterocycles. The molecule has 2 heterocycles. The van der Waals surface area contributed by atoms with Crippen LogP contribution < -0.4 is 9.64 Å². The second-order valence-electron chi connectivity index (χ2n) is 8.19. The van der Waals surface area contributed by atoms with Crippen LogP contribution in [0.1, 0.15) is 40.7 Å². The van der Waals surface area contributed by atoms with Gasteiger partial charge in [-0.1, -0.05) is 36.2 Å². The van der Waals surface area contributed by atoms with Gasteiger partial charge in [-0.15, -0.1) is 0 Å². The summed E-state index contributed by atoms with van der Waals surface area (Å²) in [7, 11) is 1.78. The number of ether oxygens (including phenoxy) is 1. The van der Waals surface area contributed by atoms with E-state index >= 15 is 0 Å². The standard InChI is InChI=1S/C26H28ClN3O2/c1-29(24-9-7-20(8-10-24)18-30-12-3-2-4-13-30)26(31)22-14-23(27)16-25(15-22)32-19-21-6-5-11-28-17-21/h5-11,14-17H,2-4,12-13,18-19H2,1H3. The molecule has 0 saturated carbocycles. The number of hydrogen-bond donors (Lipinski definition) is 0. The van der Waals surface area contributed by atoms with E-state index in [0.29, 0.717) is 22.9 Å². The second kappa shape index (κ2) is 10.6. The Kier molecular flexibility index (Phi) is 7.40. The van der Waals surface area contributed by atoms with Crippen LogP contribution in [0.4, 0.5) is 5.69 Å². The van der Waals surface area contributed by atoms with E-state index in [4.69, 9.17) is 16.3 Å². The van der Waals surface area contributed by atoms with Crippen LogP contribution in [0.15, 0.2) is 67.0 Å². The summed E-state index contributed by atoms with van der Waals surface area (Å²) in [5.74, 6) is 0.414. The predicted octanol–water partition coefficient (Wildman–Crippen LogP) is 5.58. The van der Waals surface area contributed by atoms with E-state index in [1.54, 1.807) is 42.5 Å². The molecule has 1 fully saturated rings. The number of piperidine rings is 1. The van der Waals surface area contributed by atoms with Crippen molar-refractivity contribution in [2.45, 2.75) is 32.4 Å². The van der Waals surface area contributed by atoms with Crippen molar-refractivity contribution in [3.05, 3.63) is 88.7 Å². The molecule has 0 aliphatic carbocycles. The van der Waals surface area contributed by atoms with E-state index in [1.165, 1.54) is 37.9 Å². The topological polar surface area (TPSA) is 45.7 Å². The Morgan fingerprint density at radius 2 is 1.84 bits per heavy atom. The zero-order chi connectivity index (χ0) is 22.3. The molecule has 2 aromatic carbocycles. The van der Waals surface area contributed by atoms with Gasteiger partial charge in [-0.05, 0) is 67.9 Å². The fourth-order valence-electron chi connectivity index (χ4n) is 3.93. The quantitative estimate of drug-likeness (QED) is 0.472. The molecule has 1 amide bonds. The minimum absolute atomic E-state index is 0.137. The summed E-state index contributed by atoms with van der Waals surface area (Å²) in [4.78, 5) is 21.3. The Morgan fingerprint density at radius 3 is 2.56 bits per heavy atom. The van der Waals surface area contributed by atoms with Crippen molar-refractivity contribution in [3.8, 4) is 5.75 Å². The first-order valence-corrected chi connectivity index (χ1v) is 11.4. The number of carbonyl (C=O) groups excluding carboxylic acids is 1. The first-order chi connectivity index (χ1) is 15.6. The minimum atomic E-state index is -0.137. The normalized spacial score (nSPS) is 14.2. The monoisotopic (exact) mass is 449 g/mol. The molecule has 0 N–H and O–H groups in total. The van der Waals surface area contributed by atoms with Gasteiger partial charge in [-0.25, -0.2) is 0 Å². The van der Waals surface area contributed by atoms with Crippen molar-refractivity contribution in [1.82, 2.24) is 9.88 Å². The Bertz CT molecular complexity index is 1030. The molecular formula is C26H28ClN3O2. The summed E-state index contributed by atoms with van der Waals surface area (Å²) in [5.41, 5.74) is 3.54. The zero-order valence-electron chi connectivity index (χ0n) is 18.3. The maximum Gasteiger partial charge on any atom is 0.258 e. The number of nitrogens with zero attached hydrogens (tertiary/aromatic N) is 3. The molecule has 0 radical (unpaired) electrons. The van der Waals surface area contributed by atoms with Gasteiger partial charge in [0, 0.05) is 47.8 Å². The van der Waals surface area contributed by atoms with Crippen LogP contribution >= 0.6 is 11.6 Å². The third-order valence-corrected chi connectivity index (χ3v) is 5.95. The van der Waals surface area contributed by atoms with Crippen LogP contribution in [0.2, 0.25) is 5.02 Å². The molecule has 0 bridgehead atoms. The van der Waals surface area contributed by atoms with E-state index in [1.807, 2.05) is 24.3 Å². The number of halogens is 1. The zero-order valence-corrected chi connectivity index (χ0v) is 19.1. The third-order valence-electron chi connectivity index (χ3n) is 5.73. The van der Waals surface area contributed by atoms with Gasteiger partial charge in [-0.3, -0.25) is 14.7 Å². The van der Waals surface area contributed by atoms with Crippen molar-refractivity contribution in [2.75, 3.05) is 25.0 Å². The van der Waals surface area contributed by atoms with Gasteiger partial charge in [0.25, 0.3) is 5.91 Å². The van der Waals surface area contributed by atoms with Crippen molar-refractivity contribution in [3.63, 3.8) is 0 Å². The smallest absolute Gasteiger partial charge is 0.258 e. The van der Waals surface area contributed by atoms with E-state index in [0.717, 1.165) is 17.8 Å². The maximum atomic E-state index is 13.1.